The molecule has 0 aromatic carbocycles. The highest BCUT2D eigenvalue weighted by Crippen LogP contribution is 2.35. The van der Waals surface area contributed by atoms with Crippen LogP contribution in [-0.4, -0.2) is 9.55 Å². The van der Waals surface area contributed by atoms with Crippen molar-refractivity contribution in [2.45, 2.75) is 58.9 Å². The van der Waals surface area contributed by atoms with Crippen LogP contribution >= 0.6 is 11.3 Å². The highest BCUT2D eigenvalue weighted by atomic mass is 32.1. The molecule has 0 bridgehead atoms. The molecule has 3 nitrogen and oxygen atoms in total. The summed E-state index contributed by atoms with van der Waals surface area (Å²) in [7, 11) is 0. The van der Waals surface area contributed by atoms with Crippen LogP contribution in [0.5, 0.6) is 0 Å². The Labute approximate surface area is 123 Å². The van der Waals surface area contributed by atoms with Crippen LogP contribution in [-0.2, 0) is 19.4 Å². The van der Waals surface area contributed by atoms with Crippen molar-refractivity contribution in [3.63, 3.8) is 0 Å². The van der Waals surface area contributed by atoms with Gasteiger partial charge in [0.05, 0.1) is 11.7 Å². The minimum atomic E-state index is 0.179. The normalized spacial score (nSPS) is 18.4. The van der Waals surface area contributed by atoms with E-state index in [1.54, 1.807) is 17.7 Å². The van der Waals surface area contributed by atoms with E-state index in [9.17, 15) is 4.79 Å². The second-order valence-corrected chi connectivity index (χ2v) is 7.07. The number of unbranched alkanes of at least 4 members (excludes halogenated alkanes) is 2. The maximum atomic E-state index is 12.7. The van der Waals surface area contributed by atoms with Crippen molar-refractivity contribution in [1.29, 1.82) is 0 Å². The van der Waals surface area contributed by atoms with Gasteiger partial charge < -0.3 is 0 Å². The third-order valence-electron chi connectivity index (χ3n) is 4.28. The molecule has 2 aromatic heterocycles. The van der Waals surface area contributed by atoms with Crippen molar-refractivity contribution in [2.75, 3.05) is 0 Å². The Morgan fingerprint density at radius 3 is 3.10 bits per heavy atom. The summed E-state index contributed by atoms with van der Waals surface area (Å²) >= 11 is 1.73. The zero-order chi connectivity index (χ0) is 14.1. The number of hydrogen-bond donors (Lipinski definition) is 0. The van der Waals surface area contributed by atoms with Gasteiger partial charge >= 0.3 is 0 Å². The van der Waals surface area contributed by atoms with Crippen LogP contribution in [0.2, 0.25) is 0 Å². The van der Waals surface area contributed by atoms with Gasteiger partial charge in [-0.25, -0.2) is 4.98 Å². The van der Waals surface area contributed by atoms with Gasteiger partial charge in [-0.2, -0.15) is 0 Å². The summed E-state index contributed by atoms with van der Waals surface area (Å²) in [6, 6.07) is 0. The third-order valence-corrected chi connectivity index (χ3v) is 5.45. The van der Waals surface area contributed by atoms with Crippen LogP contribution in [0.15, 0.2) is 11.1 Å². The van der Waals surface area contributed by atoms with Crippen molar-refractivity contribution in [3.05, 3.63) is 27.1 Å². The number of aryl methyl sites for hydroxylation is 2. The number of hydrogen-bond acceptors (Lipinski definition) is 3. The van der Waals surface area contributed by atoms with E-state index in [1.807, 2.05) is 4.57 Å². The maximum Gasteiger partial charge on any atom is 0.262 e. The monoisotopic (exact) mass is 290 g/mol. The van der Waals surface area contributed by atoms with Gasteiger partial charge in [0.2, 0.25) is 0 Å². The molecule has 20 heavy (non-hydrogen) atoms. The lowest BCUT2D eigenvalue weighted by atomic mass is 9.89. The first-order chi connectivity index (χ1) is 9.70. The number of nitrogens with zero attached hydrogens (tertiary/aromatic N) is 2. The lowest BCUT2D eigenvalue weighted by Crippen LogP contribution is -2.21. The van der Waals surface area contributed by atoms with Gasteiger partial charge in [0.25, 0.3) is 5.56 Å². The number of fused-ring (bicyclic) bond motifs is 3. The first-order valence-electron chi connectivity index (χ1n) is 7.70. The minimum Gasteiger partial charge on any atom is -0.299 e. The summed E-state index contributed by atoms with van der Waals surface area (Å²) in [4.78, 5) is 19.5. The summed E-state index contributed by atoms with van der Waals surface area (Å²) in [5.74, 6) is 0.738. The smallest absolute Gasteiger partial charge is 0.262 e. The van der Waals surface area contributed by atoms with Crippen molar-refractivity contribution >= 4 is 21.6 Å². The molecule has 0 aliphatic heterocycles. The Morgan fingerprint density at radius 2 is 2.30 bits per heavy atom. The predicted octanol–water partition coefficient (Wildman–Crippen LogP) is 3.77. The molecular weight excluding hydrogens is 268 g/mol. The molecule has 0 unspecified atom stereocenters. The highest BCUT2D eigenvalue weighted by molar-refractivity contribution is 7.18. The largest absolute Gasteiger partial charge is 0.299 e. The standard InChI is InChI=1S/C16H22N2OS/c1-3-4-5-8-18-10-17-15-14(16(18)19)12-7-6-11(2)9-13(12)20-15/h10-11H,3-9H2,1-2H3/t11-/m1/s1. The maximum absolute atomic E-state index is 12.7. The Kier molecular flexibility index (Phi) is 3.92. The van der Waals surface area contributed by atoms with Crippen molar-refractivity contribution in [1.82, 2.24) is 9.55 Å². The average Bonchev–Trinajstić information content (AvgIpc) is 2.79. The van der Waals surface area contributed by atoms with Gasteiger partial charge in [0, 0.05) is 11.4 Å². The Bertz CT molecular complexity index is 671. The van der Waals surface area contributed by atoms with Crippen molar-refractivity contribution in [3.8, 4) is 0 Å². The van der Waals surface area contributed by atoms with E-state index >= 15 is 0 Å². The van der Waals surface area contributed by atoms with Crippen LogP contribution in [0.1, 0.15) is 50.0 Å². The van der Waals surface area contributed by atoms with Crippen molar-refractivity contribution < 1.29 is 0 Å². The van der Waals surface area contributed by atoms with E-state index in [0.29, 0.717) is 0 Å². The molecule has 1 aliphatic rings. The molecule has 2 aromatic rings. The summed E-state index contributed by atoms with van der Waals surface area (Å²) in [6.45, 7) is 5.28. The first-order valence-corrected chi connectivity index (χ1v) is 8.52. The van der Waals surface area contributed by atoms with E-state index < -0.39 is 0 Å². The zero-order valence-electron chi connectivity index (χ0n) is 12.3. The molecule has 0 radical (unpaired) electrons. The lowest BCUT2D eigenvalue weighted by molar-refractivity contribution is 0.509. The molecule has 3 rings (SSSR count). The molecule has 108 valence electrons. The van der Waals surface area contributed by atoms with Gasteiger partial charge in [0.15, 0.2) is 0 Å². The molecule has 0 saturated carbocycles. The summed E-state index contributed by atoms with van der Waals surface area (Å²) in [6.07, 6.45) is 8.51. The molecule has 0 N–H and O–H groups in total. The van der Waals surface area contributed by atoms with E-state index in [0.717, 1.165) is 41.9 Å². The molecule has 0 fully saturated rings. The fourth-order valence-electron chi connectivity index (χ4n) is 3.06. The van der Waals surface area contributed by atoms with Crippen LogP contribution in [0.4, 0.5) is 0 Å². The van der Waals surface area contributed by atoms with Crippen LogP contribution < -0.4 is 5.56 Å². The summed E-state index contributed by atoms with van der Waals surface area (Å²) in [5, 5.41) is 0.913. The second kappa shape index (κ2) is 5.68. The molecule has 0 amide bonds. The zero-order valence-corrected chi connectivity index (χ0v) is 13.1. The van der Waals surface area contributed by atoms with E-state index in [1.165, 1.54) is 29.7 Å². The van der Waals surface area contributed by atoms with Gasteiger partial charge in [0.1, 0.15) is 4.83 Å². The minimum absolute atomic E-state index is 0.179. The van der Waals surface area contributed by atoms with Crippen molar-refractivity contribution in [2.24, 2.45) is 5.92 Å². The SMILES string of the molecule is CCCCCn1cnc2sc3c(c2c1=O)CC[C@@H](C)C3. The van der Waals surface area contributed by atoms with Gasteiger partial charge in [-0.3, -0.25) is 9.36 Å². The quantitative estimate of drug-likeness (QED) is 0.803. The molecular formula is C16H22N2OS. The molecule has 4 heteroatoms. The number of thiophene rings is 1. The van der Waals surface area contributed by atoms with Gasteiger partial charge in [-0.05, 0) is 37.2 Å². The molecule has 0 spiro atoms. The van der Waals surface area contributed by atoms with E-state index in [4.69, 9.17) is 0 Å². The Morgan fingerprint density at radius 1 is 1.45 bits per heavy atom. The van der Waals surface area contributed by atoms with Gasteiger partial charge in [-0.1, -0.05) is 26.7 Å². The first kappa shape index (κ1) is 13.8. The van der Waals surface area contributed by atoms with Crippen LogP contribution in [0.3, 0.4) is 0 Å². The second-order valence-electron chi connectivity index (χ2n) is 5.98. The average molecular weight is 290 g/mol. The number of rotatable bonds is 4. The molecule has 2 heterocycles. The third kappa shape index (κ3) is 2.41. The topological polar surface area (TPSA) is 34.9 Å². The predicted molar refractivity (Wildman–Crippen MR) is 84.6 cm³/mol. The van der Waals surface area contributed by atoms with Crippen LogP contribution in [0.25, 0.3) is 10.2 Å². The number of aromatic nitrogens is 2. The fourth-order valence-corrected chi connectivity index (χ4v) is 4.40. The molecule has 1 aliphatic carbocycles. The Hall–Kier alpha value is -1.16. The van der Waals surface area contributed by atoms with Crippen LogP contribution in [0, 0.1) is 5.92 Å². The van der Waals surface area contributed by atoms with Gasteiger partial charge in [-0.15, -0.1) is 11.3 Å². The molecule has 1 atom stereocenters. The Balaban J connectivity index is 2.01. The lowest BCUT2D eigenvalue weighted by Gasteiger charge is -2.17. The highest BCUT2D eigenvalue weighted by Gasteiger charge is 2.22. The van der Waals surface area contributed by atoms with E-state index in [2.05, 4.69) is 18.8 Å². The fraction of sp³-hybridized carbons (Fsp3) is 0.625. The molecule has 0 saturated heterocycles. The summed E-state index contributed by atoms with van der Waals surface area (Å²) in [5.41, 5.74) is 1.48. The van der Waals surface area contributed by atoms with E-state index in [-0.39, 0.29) is 5.56 Å². The summed E-state index contributed by atoms with van der Waals surface area (Å²) < 4.78 is 1.81.